The number of halogens is 2. The first kappa shape index (κ1) is 10.8. The van der Waals surface area contributed by atoms with Crippen molar-refractivity contribution in [1.82, 2.24) is 0 Å². The molecule has 0 N–H and O–H groups in total. The first-order chi connectivity index (χ1) is 4.18. The van der Waals surface area contributed by atoms with E-state index >= 15 is 0 Å². The minimum atomic E-state index is 0. The van der Waals surface area contributed by atoms with E-state index in [1.807, 2.05) is 25.1 Å². The molecule has 0 radical (unpaired) electrons. The zero-order valence-electron chi connectivity index (χ0n) is 7.70. The summed E-state index contributed by atoms with van der Waals surface area (Å²) >= 11 is 9.05. The van der Waals surface area contributed by atoms with Crippen molar-refractivity contribution in [2.75, 3.05) is 0 Å². The van der Waals surface area contributed by atoms with Crippen LogP contribution in [0.4, 0.5) is 0 Å². The number of rotatable bonds is 0. The van der Waals surface area contributed by atoms with Gasteiger partial charge in [-0.05, 0) is 30.7 Å². The molecule has 0 unspecified atom stereocenters. The Morgan fingerprint density at radius 2 is 2.00 bits per heavy atom. The van der Waals surface area contributed by atoms with E-state index in [1.54, 1.807) is 0 Å². The van der Waals surface area contributed by atoms with Crippen molar-refractivity contribution < 1.29 is 2.85 Å². The maximum atomic E-state index is 5.72. The molecule has 0 aromatic heterocycles. The molecule has 0 atom stereocenters. The summed E-state index contributed by atoms with van der Waals surface area (Å²) in [5, 5.41) is 0.780. The topological polar surface area (TPSA) is 0 Å². The third-order valence-electron chi connectivity index (χ3n) is 1.01. The summed E-state index contributed by atoms with van der Waals surface area (Å²) in [6.07, 6.45) is 0. The van der Waals surface area contributed by atoms with Crippen molar-refractivity contribution >= 4 is 50.6 Å². The van der Waals surface area contributed by atoms with Gasteiger partial charge in [0.2, 0.25) is 0 Å². The summed E-state index contributed by atoms with van der Waals surface area (Å²) in [5.41, 5.74) is 1.18. The van der Waals surface area contributed by atoms with E-state index in [0.717, 1.165) is 9.50 Å². The Kier molecular flexibility index (Phi) is 4.94. The van der Waals surface area contributed by atoms with E-state index in [9.17, 15) is 0 Å². The Labute approximate surface area is 93.2 Å². The van der Waals surface area contributed by atoms with Crippen LogP contribution in [0.15, 0.2) is 22.7 Å². The van der Waals surface area contributed by atoms with Gasteiger partial charge in [0.05, 0.1) is 0 Å². The van der Waals surface area contributed by atoms with Crippen LogP contribution in [0.2, 0.25) is 5.02 Å². The fourth-order valence-corrected chi connectivity index (χ4v) is 1.72. The van der Waals surface area contributed by atoms with E-state index in [1.165, 1.54) is 5.56 Å². The average molecular weight is 232 g/mol. The van der Waals surface area contributed by atoms with Crippen LogP contribution in [0, 0.1) is 6.92 Å². The number of hydrogen-bond acceptors (Lipinski definition) is 0. The Balaban J connectivity index is -0.000000270. The Morgan fingerprint density at radius 1 is 1.40 bits per heavy atom. The molecular formula is C7H8BrClMg. The molecule has 1 aromatic rings. The van der Waals surface area contributed by atoms with Crippen molar-refractivity contribution in [3.63, 3.8) is 0 Å². The fraction of sp³-hybridized carbons (Fsp3) is 0.143. The molecule has 0 aliphatic heterocycles. The van der Waals surface area contributed by atoms with E-state index in [4.69, 9.17) is 11.6 Å². The summed E-state index contributed by atoms with van der Waals surface area (Å²) in [5.74, 6) is 0. The van der Waals surface area contributed by atoms with Gasteiger partial charge in [0.1, 0.15) is 0 Å². The predicted octanol–water partition coefficient (Wildman–Crippen LogP) is 3.26. The van der Waals surface area contributed by atoms with Gasteiger partial charge >= 0.3 is 23.1 Å². The largest absolute Gasteiger partial charge is 2.00 e. The van der Waals surface area contributed by atoms with Crippen LogP contribution in [0.5, 0.6) is 0 Å². The molecule has 1 rings (SSSR count). The fourth-order valence-electron chi connectivity index (χ4n) is 0.692. The number of benzene rings is 1. The van der Waals surface area contributed by atoms with Crippen LogP contribution in [0.3, 0.4) is 0 Å². The van der Waals surface area contributed by atoms with E-state index < -0.39 is 0 Å². The third-order valence-corrected chi connectivity index (χ3v) is 1.68. The van der Waals surface area contributed by atoms with Crippen molar-refractivity contribution in [3.8, 4) is 0 Å². The summed E-state index contributed by atoms with van der Waals surface area (Å²) in [7, 11) is 0. The van der Waals surface area contributed by atoms with Gasteiger partial charge < -0.3 is 2.85 Å². The van der Waals surface area contributed by atoms with E-state index in [0.29, 0.717) is 0 Å². The van der Waals surface area contributed by atoms with Gasteiger partial charge in [-0.3, -0.25) is 0 Å². The average Bonchev–Trinajstić information content (AvgIpc) is 1.59. The molecular weight excluding hydrogens is 224 g/mol. The van der Waals surface area contributed by atoms with Gasteiger partial charge in [0.25, 0.3) is 0 Å². The van der Waals surface area contributed by atoms with Crippen molar-refractivity contribution in [2.24, 2.45) is 0 Å². The zero-order valence-corrected chi connectivity index (χ0v) is 9.45. The van der Waals surface area contributed by atoms with Crippen molar-refractivity contribution in [1.29, 1.82) is 0 Å². The standard InChI is InChI=1S/C7H6BrCl.Mg.2H/c1-5-2-6(8)4-7(9)3-5;;;/h2-4H,1H3;;;/q;+2;2*-1. The van der Waals surface area contributed by atoms with Gasteiger partial charge in [-0.25, -0.2) is 0 Å². The molecule has 0 heterocycles. The van der Waals surface area contributed by atoms with Crippen LogP contribution in [0.1, 0.15) is 8.42 Å². The molecule has 0 aliphatic carbocycles. The maximum Gasteiger partial charge on any atom is 2.00 e. The molecule has 0 saturated carbocycles. The molecule has 52 valence electrons. The minimum Gasteiger partial charge on any atom is -1.00 e. The molecule has 0 aliphatic rings. The number of aryl methyl sites for hydroxylation is 1. The normalized spacial score (nSPS) is 8.70. The second-order valence-corrected chi connectivity index (χ2v) is 3.30. The minimum absolute atomic E-state index is 0. The zero-order chi connectivity index (χ0) is 6.85. The number of hydrogen-bond donors (Lipinski definition) is 0. The molecule has 10 heavy (non-hydrogen) atoms. The Bertz CT molecular complexity index is 182. The second-order valence-electron chi connectivity index (χ2n) is 1.95. The third kappa shape index (κ3) is 3.24. The summed E-state index contributed by atoms with van der Waals surface area (Å²) in [6, 6.07) is 5.81. The van der Waals surface area contributed by atoms with Crippen molar-refractivity contribution in [3.05, 3.63) is 33.3 Å². The van der Waals surface area contributed by atoms with Crippen molar-refractivity contribution in [2.45, 2.75) is 6.92 Å². The summed E-state index contributed by atoms with van der Waals surface area (Å²) < 4.78 is 1.03. The molecule has 0 bridgehead atoms. The van der Waals surface area contributed by atoms with Crippen LogP contribution in [-0.4, -0.2) is 23.1 Å². The van der Waals surface area contributed by atoms with Gasteiger partial charge in [-0.2, -0.15) is 0 Å². The van der Waals surface area contributed by atoms with Gasteiger partial charge in [0, 0.05) is 9.50 Å². The second kappa shape index (κ2) is 4.60. The van der Waals surface area contributed by atoms with Crippen LogP contribution < -0.4 is 0 Å². The van der Waals surface area contributed by atoms with Crippen LogP contribution >= 0.6 is 27.5 Å². The quantitative estimate of drug-likeness (QED) is 0.602. The van der Waals surface area contributed by atoms with E-state index in [2.05, 4.69) is 15.9 Å². The van der Waals surface area contributed by atoms with Gasteiger partial charge in [0.15, 0.2) is 0 Å². The van der Waals surface area contributed by atoms with Gasteiger partial charge in [-0.1, -0.05) is 27.5 Å². The monoisotopic (exact) mass is 230 g/mol. The Morgan fingerprint density at radius 3 is 2.40 bits per heavy atom. The molecule has 0 fully saturated rings. The molecule has 0 spiro atoms. The SMILES string of the molecule is Cc1cc(Cl)cc(Br)c1.[H-].[H-].[Mg+2]. The van der Waals surface area contributed by atoms with Crippen LogP contribution in [-0.2, 0) is 0 Å². The van der Waals surface area contributed by atoms with E-state index in [-0.39, 0.29) is 25.9 Å². The molecule has 1 aromatic carbocycles. The predicted molar refractivity (Wildman–Crippen MR) is 51.9 cm³/mol. The molecule has 0 amide bonds. The van der Waals surface area contributed by atoms with Gasteiger partial charge in [-0.15, -0.1) is 0 Å². The van der Waals surface area contributed by atoms with Crippen LogP contribution in [0.25, 0.3) is 0 Å². The summed E-state index contributed by atoms with van der Waals surface area (Å²) in [4.78, 5) is 0. The smallest absolute Gasteiger partial charge is 1.00 e. The first-order valence-corrected chi connectivity index (χ1v) is 3.78. The summed E-state index contributed by atoms with van der Waals surface area (Å²) in [6.45, 7) is 2.01. The molecule has 0 saturated heterocycles. The first-order valence-electron chi connectivity index (χ1n) is 2.61. The molecule has 3 heteroatoms. The Hall–Kier alpha value is 0.756. The molecule has 0 nitrogen and oxygen atoms in total. The maximum absolute atomic E-state index is 5.72.